The average molecular weight is 295 g/mol. The van der Waals surface area contributed by atoms with E-state index in [1.165, 1.54) is 19.1 Å². The van der Waals surface area contributed by atoms with Crippen molar-refractivity contribution >= 4 is 17.6 Å². The van der Waals surface area contributed by atoms with Gasteiger partial charge < -0.3 is 10.1 Å². The van der Waals surface area contributed by atoms with Crippen LogP contribution in [0.4, 0.5) is 10.5 Å². The molecular weight excluding hydrogens is 278 g/mol. The van der Waals surface area contributed by atoms with Gasteiger partial charge in [0.2, 0.25) is 0 Å². The summed E-state index contributed by atoms with van der Waals surface area (Å²) in [5.74, 6) is -0.708. The van der Waals surface area contributed by atoms with Gasteiger partial charge in [-0.25, -0.2) is 4.79 Å². The van der Waals surface area contributed by atoms with E-state index in [0.29, 0.717) is 12.1 Å². The van der Waals surface area contributed by atoms with Gasteiger partial charge in [-0.3, -0.25) is 20.2 Å². The highest BCUT2D eigenvalue weighted by atomic mass is 16.6. The zero-order valence-electron chi connectivity index (χ0n) is 12.0. The number of nitrogens with one attached hydrogen (secondary N) is 2. The molecule has 2 N–H and O–H groups in total. The minimum atomic E-state index is -1.05. The van der Waals surface area contributed by atoms with E-state index in [0.717, 1.165) is 0 Å². The Hall–Kier alpha value is -2.64. The van der Waals surface area contributed by atoms with E-state index in [2.05, 4.69) is 10.6 Å². The second-order valence-corrected chi connectivity index (χ2v) is 4.34. The van der Waals surface area contributed by atoms with Crippen molar-refractivity contribution < 1.29 is 19.2 Å². The normalized spacial score (nSPS) is 11.4. The highest BCUT2D eigenvalue weighted by Gasteiger charge is 2.22. The lowest BCUT2D eigenvalue weighted by Gasteiger charge is -2.14. The quantitative estimate of drug-likeness (QED) is 0.632. The first kappa shape index (κ1) is 16.4. The summed E-state index contributed by atoms with van der Waals surface area (Å²) in [4.78, 5) is 33.3. The maximum atomic E-state index is 11.7. The van der Waals surface area contributed by atoms with Crippen molar-refractivity contribution in [2.75, 3.05) is 6.54 Å². The minimum absolute atomic E-state index is 0.0239. The fourth-order valence-electron chi connectivity index (χ4n) is 1.53. The Morgan fingerprint density at radius 1 is 1.43 bits per heavy atom. The third kappa shape index (κ3) is 4.75. The van der Waals surface area contributed by atoms with Gasteiger partial charge in [0.15, 0.2) is 11.9 Å². The summed E-state index contributed by atoms with van der Waals surface area (Å²) in [7, 11) is 0. The zero-order chi connectivity index (χ0) is 16.0. The predicted molar refractivity (Wildman–Crippen MR) is 75.1 cm³/mol. The largest absolute Gasteiger partial charge is 0.474 e. The molecule has 21 heavy (non-hydrogen) atoms. The zero-order valence-corrected chi connectivity index (χ0v) is 12.0. The first-order valence-electron chi connectivity index (χ1n) is 6.35. The Morgan fingerprint density at radius 3 is 2.67 bits per heavy atom. The van der Waals surface area contributed by atoms with E-state index in [1.54, 1.807) is 19.9 Å². The molecular formula is C13H17N3O5. The van der Waals surface area contributed by atoms with Crippen LogP contribution in [0.5, 0.6) is 5.75 Å². The fourth-order valence-corrected chi connectivity index (χ4v) is 1.53. The second-order valence-electron chi connectivity index (χ2n) is 4.34. The van der Waals surface area contributed by atoms with Crippen LogP contribution >= 0.6 is 0 Å². The number of nitro groups is 1. The van der Waals surface area contributed by atoms with Crippen molar-refractivity contribution in [2.45, 2.75) is 26.9 Å². The molecule has 0 aromatic heterocycles. The van der Waals surface area contributed by atoms with Crippen molar-refractivity contribution in [2.24, 2.45) is 0 Å². The van der Waals surface area contributed by atoms with Crippen LogP contribution in [0.3, 0.4) is 0 Å². The number of nitro benzene ring substituents is 1. The number of hydrogen-bond acceptors (Lipinski definition) is 5. The number of carbonyl (C=O) groups excluding carboxylic acids is 2. The maximum absolute atomic E-state index is 11.7. The van der Waals surface area contributed by atoms with Crippen molar-refractivity contribution in [3.8, 4) is 5.75 Å². The smallest absolute Gasteiger partial charge is 0.321 e. The Morgan fingerprint density at radius 2 is 2.10 bits per heavy atom. The van der Waals surface area contributed by atoms with Gasteiger partial charge in [0.25, 0.3) is 5.91 Å². The van der Waals surface area contributed by atoms with Crippen LogP contribution in [0.15, 0.2) is 18.2 Å². The molecule has 1 rings (SSSR count). The lowest BCUT2D eigenvalue weighted by Crippen LogP contribution is -2.45. The number of benzene rings is 1. The summed E-state index contributed by atoms with van der Waals surface area (Å²) < 4.78 is 5.27. The number of carbonyl (C=O) groups is 2. The topological polar surface area (TPSA) is 111 Å². The molecule has 0 heterocycles. The molecule has 3 amide bonds. The van der Waals surface area contributed by atoms with Crippen LogP contribution in [-0.4, -0.2) is 29.5 Å². The van der Waals surface area contributed by atoms with E-state index >= 15 is 0 Å². The fraction of sp³-hybridized carbons (Fsp3) is 0.385. The van der Waals surface area contributed by atoms with Crippen LogP contribution in [-0.2, 0) is 4.79 Å². The molecule has 1 aromatic carbocycles. The molecule has 8 nitrogen and oxygen atoms in total. The molecule has 0 aliphatic carbocycles. The molecule has 1 atom stereocenters. The Kier molecular flexibility index (Phi) is 5.65. The molecule has 0 fully saturated rings. The van der Waals surface area contributed by atoms with Gasteiger partial charge in [-0.05, 0) is 32.4 Å². The van der Waals surface area contributed by atoms with Crippen molar-refractivity contribution in [3.63, 3.8) is 0 Å². The monoisotopic (exact) mass is 295 g/mol. The summed E-state index contributed by atoms with van der Waals surface area (Å²) in [6.07, 6.45) is -1.05. The Balaban J connectivity index is 2.79. The number of ether oxygens (including phenoxy) is 1. The number of imide groups is 1. The molecule has 0 spiro atoms. The third-order valence-electron chi connectivity index (χ3n) is 2.56. The number of hydrogen-bond donors (Lipinski definition) is 2. The summed E-state index contributed by atoms with van der Waals surface area (Å²) >= 11 is 0. The number of nitrogens with zero attached hydrogens (tertiary/aromatic N) is 1. The molecule has 0 saturated heterocycles. The molecule has 114 valence electrons. The first-order chi connectivity index (χ1) is 9.85. The van der Waals surface area contributed by atoms with Gasteiger partial charge >= 0.3 is 11.7 Å². The van der Waals surface area contributed by atoms with Gasteiger partial charge in [0.05, 0.1) is 4.92 Å². The van der Waals surface area contributed by atoms with Gasteiger partial charge in [-0.15, -0.1) is 0 Å². The molecule has 0 saturated carbocycles. The van der Waals surface area contributed by atoms with Gasteiger partial charge in [-0.1, -0.05) is 6.07 Å². The molecule has 1 aromatic rings. The SMILES string of the molecule is CCNC(=O)NC(=O)[C@H](C)Oc1ccc(C)cc1[N+](=O)[O-]. The van der Waals surface area contributed by atoms with E-state index < -0.39 is 23.0 Å². The van der Waals surface area contributed by atoms with Gasteiger partial charge in [0.1, 0.15) is 0 Å². The van der Waals surface area contributed by atoms with Crippen LogP contribution < -0.4 is 15.4 Å². The molecule has 0 aliphatic rings. The van der Waals surface area contributed by atoms with Crippen molar-refractivity contribution in [1.82, 2.24) is 10.6 Å². The van der Waals surface area contributed by atoms with E-state index in [4.69, 9.17) is 4.74 Å². The molecule has 0 aliphatic heterocycles. The van der Waals surface area contributed by atoms with E-state index in [9.17, 15) is 19.7 Å². The highest BCUT2D eigenvalue weighted by Crippen LogP contribution is 2.28. The summed E-state index contributed by atoms with van der Waals surface area (Å²) in [6.45, 7) is 5.19. The van der Waals surface area contributed by atoms with Gasteiger partial charge in [0, 0.05) is 12.6 Å². The van der Waals surface area contributed by atoms with Crippen LogP contribution in [0.1, 0.15) is 19.4 Å². The van der Waals surface area contributed by atoms with E-state index in [1.807, 2.05) is 0 Å². The summed E-state index contributed by atoms with van der Waals surface area (Å²) in [6, 6.07) is 3.76. The molecule has 8 heteroatoms. The predicted octanol–water partition coefficient (Wildman–Crippen LogP) is 1.52. The van der Waals surface area contributed by atoms with Gasteiger partial charge in [-0.2, -0.15) is 0 Å². The standard InChI is InChI=1S/C13H17N3O5/c1-4-14-13(18)15-12(17)9(3)21-11-6-5-8(2)7-10(11)16(19)20/h5-7,9H,4H2,1-3H3,(H2,14,15,17,18)/t9-/m0/s1. The molecule has 0 bridgehead atoms. The van der Waals surface area contributed by atoms with Crippen LogP contribution in [0.25, 0.3) is 0 Å². The first-order valence-corrected chi connectivity index (χ1v) is 6.35. The number of rotatable bonds is 5. The number of amides is 3. The summed E-state index contributed by atoms with van der Waals surface area (Å²) in [5, 5.41) is 15.4. The highest BCUT2D eigenvalue weighted by molar-refractivity contribution is 5.96. The van der Waals surface area contributed by atoms with Crippen molar-refractivity contribution in [1.29, 1.82) is 0 Å². The third-order valence-corrected chi connectivity index (χ3v) is 2.56. The van der Waals surface area contributed by atoms with E-state index in [-0.39, 0.29) is 11.4 Å². The minimum Gasteiger partial charge on any atom is -0.474 e. The lowest BCUT2D eigenvalue weighted by atomic mass is 10.2. The van der Waals surface area contributed by atoms with Crippen molar-refractivity contribution in [3.05, 3.63) is 33.9 Å². The van der Waals surface area contributed by atoms with Crippen LogP contribution in [0, 0.1) is 17.0 Å². The Labute approximate surface area is 121 Å². The second kappa shape index (κ2) is 7.22. The molecule has 0 unspecified atom stereocenters. The lowest BCUT2D eigenvalue weighted by molar-refractivity contribution is -0.386. The average Bonchev–Trinajstić information content (AvgIpc) is 2.40. The molecule has 0 radical (unpaired) electrons. The maximum Gasteiger partial charge on any atom is 0.321 e. The Bertz CT molecular complexity index is 559. The number of urea groups is 1. The summed E-state index contributed by atoms with van der Waals surface area (Å²) in [5.41, 5.74) is 0.473. The number of aryl methyl sites for hydroxylation is 1. The van der Waals surface area contributed by atoms with Crippen LogP contribution in [0.2, 0.25) is 0 Å².